The fourth-order valence-electron chi connectivity index (χ4n) is 3.92. The number of nitrogens with one attached hydrogen (secondary N) is 2. The van der Waals surface area contributed by atoms with E-state index < -0.39 is 5.91 Å². The van der Waals surface area contributed by atoms with Gasteiger partial charge in [0.05, 0.1) is 12.8 Å². The summed E-state index contributed by atoms with van der Waals surface area (Å²) >= 11 is 0. The van der Waals surface area contributed by atoms with Crippen molar-refractivity contribution in [2.75, 3.05) is 6.54 Å². The third kappa shape index (κ3) is 2.56. The largest absolute Gasteiger partial charge is 0.459 e. The summed E-state index contributed by atoms with van der Waals surface area (Å²) in [5.74, 6) is 0.0840. The Kier molecular flexibility index (Phi) is 3.78. The lowest BCUT2D eigenvalue weighted by Crippen LogP contribution is -2.37. The van der Waals surface area contributed by atoms with Crippen LogP contribution in [0.4, 0.5) is 0 Å². The third-order valence-electron chi connectivity index (χ3n) is 5.98. The second kappa shape index (κ2) is 5.51. The van der Waals surface area contributed by atoms with Crippen LogP contribution in [0, 0.1) is 16.7 Å². The Morgan fingerprint density at radius 2 is 2.17 bits per heavy atom. The van der Waals surface area contributed by atoms with Crippen LogP contribution in [-0.2, 0) is 4.79 Å². The first-order chi connectivity index (χ1) is 10.8. The Balaban J connectivity index is 1.55. The van der Waals surface area contributed by atoms with E-state index in [1.165, 1.54) is 12.7 Å². The SMILES string of the molecule is CC1(C)[C@H]2CC[C@@]1(C)/C(=N/NC(=O)CNC(=O)c1ccco1)C2. The van der Waals surface area contributed by atoms with E-state index in [0.717, 1.165) is 18.6 Å². The quantitative estimate of drug-likeness (QED) is 0.836. The van der Waals surface area contributed by atoms with E-state index in [2.05, 4.69) is 36.6 Å². The molecule has 1 aromatic rings. The highest BCUT2D eigenvalue weighted by Gasteiger charge is 2.59. The molecule has 2 amide bonds. The molecular weight excluding hydrogens is 294 g/mol. The smallest absolute Gasteiger partial charge is 0.287 e. The first kappa shape index (κ1) is 15.8. The molecule has 23 heavy (non-hydrogen) atoms. The summed E-state index contributed by atoms with van der Waals surface area (Å²) in [4.78, 5) is 23.6. The van der Waals surface area contributed by atoms with Crippen LogP contribution < -0.4 is 10.7 Å². The molecule has 2 aliphatic rings. The van der Waals surface area contributed by atoms with Gasteiger partial charge < -0.3 is 9.73 Å². The lowest BCUT2D eigenvalue weighted by atomic mass is 9.70. The van der Waals surface area contributed by atoms with Crippen molar-refractivity contribution in [3.8, 4) is 0 Å². The van der Waals surface area contributed by atoms with Crippen LogP contribution in [0.2, 0.25) is 0 Å². The summed E-state index contributed by atoms with van der Waals surface area (Å²) in [7, 11) is 0. The lowest BCUT2D eigenvalue weighted by molar-refractivity contribution is -0.120. The molecule has 2 aliphatic carbocycles. The number of fused-ring (bicyclic) bond motifs is 2. The number of furan rings is 1. The van der Waals surface area contributed by atoms with Crippen molar-refractivity contribution in [2.24, 2.45) is 21.8 Å². The summed E-state index contributed by atoms with van der Waals surface area (Å²) in [6, 6.07) is 3.17. The van der Waals surface area contributed by atoms with Gasteiger partial charge in [-0.3, -0.25) is 9.59 Å². The molecule has 124 valence electrons. The van der Waals surface area contributed by atoms with Gasteiger partial charge in [0.1, 0.15) is 0 Å². The van der Waals surface area contributed by atoms with Crippen molar-refractivity contribution < 1.29 is 14.0 Å². The first-order valence-corrected chi connectivity index (χ1v) is 8.02. The minimum Gasteiger partial charge on any atom is -0.459 e. The minimum atomic E-state index is -0.411. The van der Waals surface area contributed by atoms with Gasteiger partial charge in [-0.1, -0.05) is 20.8 Å². The minimum absolute atomic E-state index is 0.0579. The fraction of sp³-hybridized carbons (Fsp3) is 0.588. The Hall–Kier alpha value is -2.11. The number of nitrogens with zero attached hydrogens (tertiary/aromatic N) is 1. The van der Waals surface area contributed by atoms with E-state index in [4.69, 9.17) is 4.42 Å². The summed E-state index contributed by atoms with van der Waals surface area (Å²) in [5, 5.41) is 6.86. The molecule has 2 atom stereocenters. The molecule has 0 aliphatic heterocycles. The monoisotopic (exact) mass is 317 g/mol. The molecule has 0 aromatic carbocycles. The third-order valence-corrected chi connectivity index (χ3v) is 5.98. The molecule has 0 unspecified atom stereocenters. The second-order valence-electron chi connectivity index (χ2n) is 7.25. The van der Waals surface area contributed by atoms with Crippen molar-refractivity contribution >= 4 is 17.5 Å². The highest BCUT2D eigenvalue weighted by molar-refractivity contribution is 5.96. The molecule has 0 radical (unpaired) electrons. The molecule has 2 saturated carbocycles. The van der Waals surface area contributed by atoms with Gasteiger partial charge in [0.2, 0.25) is 0 Å². The molecule has 0 spiro atoms. The molecule has 1 aromatic heterocycles. The van der Waals surface area contributed by atoms with Gasteiger partial charge >= 0.3 is 0 Å². The van der Waals surface area contributed by atoms with Crippen LogP contribution >= 0.6 is 0 Å². The van der Waals surface area contributed by atoms with E-state index in [0.29, 0.717) is 5.92 Å². The average Bonchev–Trinajstić information content (AvgIpc) is 3.16. The Morgan fingerprint density at radius 3 is 2.74 bits per heavy atom. The Labute approximate surface area is 135 Å². The van der Waals surface area contributed by atoms with Crippen molar-refractivity contribution in [3.63, 3.8) is 0 Å². The van der Waals surface area contributed by atoms with Gasteiger partial charge in [-0.2, -0.15) is 5.10 Å². The topological polar surface area (TPSA) is 83.7 Å². The number of hydrazone groups is 1. The number of carbonyl (C=O) groups is 2. The molecule has 2 bridgehead atoms. The highest BCUT2D eigenvalue weighted by atomic mass is 16.3. The molecular formula is C17H23N3O3. The predicted molar refractivity (Wildman–Crippen MR) is 85.8 cm³/mol. The van der Waals surface area contributed by atoms with Crippen molar-refractivity contribution in [1.29, 1.82) is 0 Å². The van der Waals surface area contributed by atoms with Gasteiger partial charge in [0.15, 0.2) is 5.76 Å². The van der Waals surface area contributed by atoms with Crippen LogP contribution in [0.15, 0.2) is 27.9 Å². The van der Waals surface area contributed by atoms with Gasteiger partial charge in [-0.25, -0.2) is 5.43 Å². The normalized spacial score (nSPS) is 29.7. The van der Waals surface area contributed by atoms with Crippen molar-refractivity contribution in [2.45, 2.75) is 40.0 Å². The predicted octanol–water partition coefficient (Wildman–Crippen LogP) is 2.33. The number of hydrogen-bond donors (Lipinski definition) is 2. The summed E-state index contributed by atoms with van der Waals surface area (Å²) in [5.41, 5.74) is 3.93. The maximum Gasteiger partial charge on any atom is 0.287 e. The maximum atomic E-state index is 11.9. The van der Waals surface area contributed by atoms with Crippen LogP contribution in [-0.4, -0.2) is 24.1 Å². The molecule has 6 heteroatoms. The van der Waals surface area contributed by atoms with Crippen molar-refractivity contribution in [3.05, 3.63) is 24.2 Å². The molecule has 1 heterocycles. The summed E-state index contributed by atoms with van der Waals surface area (Å²) in [6.07, 6.45) is 4.71. The van der Waals surface area contributed by atoms with Crippen LogP contribution in [0.3, 0.4) is 0 Å². The average molecular weight is 317 g/mol. The van der Waals surface area contributed by atoms with Crippen LogP contribution in [0.25, 0.3) is 0 Å². The highest BCUT2D eigenvalue weighted by Crippen LogP contribution is 2.63. The number of carbonyl (C=O) groups excluding carboxylic acids is 2. The zero-order valence-corrected chi connectivity index (χ0v) is 13.8. The van der Waals surface area contributed by atoms with E-state index in [-0.39, 0.29) is 29.0 Å². The van der Waals surface area contributed by atoms with E-state index in [1.807, 2.05) is 0 Å². The molecule has 2 N–H and O–H groups in total. The summed E-state index contributed by atoms with van der Waals surface area (Å²) in [6.45, 7) is 6.70. The van der Waals surface area contributed by atoms with Crippen molar-refractivity contribution in [1.82, 2.24) is 10.7 Å². The van der Waals surface area contributed by atoms with Gasteiger partial charge in [-0.15, -0.1) is 0 Å². The summed E-state index contributed by atoms with van der Waals surface area (Å²) < 4.78 is 4.97. The zero-order chi connectivity index (χ0) is 16.7. The van der Waals surface area contributed by atoms with Gasteiger partial charge in [0, 0.05) is 11.1 Å². The first-order valence-electron chi connectivity index (χ1n) is 8.02. The number of amides is 2. The standard InChI is InChI=1S/C17H23N3O3/c1-16(2)11-6-7-17(16,3)13(9-11)19-20-14(21)10-18-15(22)12-5-4-8-23-12/h4-5,8,11H,6-7,9-10H2,1-3H3,(H,18,22)(H,20,21)/b19-13+/t11-,17-/m0/s1. The van der Waals surface area contributed by atoms with Gasteiger partial charge in [0.25, 0.3) is 11.8 Å². The van der Waals surface area contributed by atoms with Gasteiger partial charge in [-0.05, 0) is 42.7 Å². The molecule has 3 rings (SSSR count). The van der Waals surface area contributed by atoms with E-state index in [9.17, 15) is 9.59 Å². The maximum absolute atomic E-state index is 11.9. The van der Waals surface area contributed by atoms with E-state index in [1.54, 1.807) is 12.1 Å². The Bertz CT molecular complexity index is 648. The Morgan fingerprint density at radius 1 is 1.39 bits per heavy atom. The molecule has 0 saturated heterocycles. The fourth-order valence-corrected chi connectivity index (χ4v) is 3.92. The zero-order valence-electron chi connectivity index (χ0n) is 13.8. The number of rotatable bonds is 4. The van der Waals surface area contributed by atoms with E-state index >= 15 is 0 Å². The molecule has 6 nitrogen and oxygen atoms in total. The second-order valence-corrected chi connectivity index (χ2v) is 7.25. The number of hydrogen-bond acceptors (Lipinski definition) is 4. The van der Waals surface area contributed by atoms with Crippen LogP contribution in [0.1, 0.15) is 50.6 Å². The lowest BCUT2D eigenvalue weighted by Gasteiger charge is -2.34. The van der Waals surface area contributed by atoms with Crippen LogP contribution in [0.5, 0.6) is 0 Å². The molecule has 2 fully saturated rings.